The number of furan rings is 1. The highest BCUT2D eigenvalue weighted by atomic mass is 19.4. The Morgan fingerprint density at radius 1 is 1.14 bits per heavy atom. The van der Waals surface area contributed by atoms with E-state index in [1.165, 1.54) is 18.2 Å². The first kappa shape index (κ1) is 20.1. The third-order valence-corrected chi connectivity index (χ3v) is 4.12. The van der Waals surface area contributed by atoms with Crippen molar-refractivity contribution in [3.8, 4) is 11.3 Å². The van der Waals surface area contributed by atoms with E-state index in [4.69, 9.17) is 4.42 Å². The molecular formula is C19H14F3N3O4. The zero-order chi connectivity index (χ0) is 21.3. The summed E-state index contributed by atoms with van der Waals surface area (Å²) in [5, 5.41) is 11.2. The number of aromatic nitrogens is 2. The third-order valence-electron chi connectivity index (χ3n) is 4.12. The Morgan fingerprint density at radius 2 is 1.86 bits per heavy atom. The molecule has 0 amide bonds. The van der Waals surface area contributed by atoms with Gasteiger partial charge in [0.25, 0.3) is 5.69 Å². The molecular weight excluding hydrogens is 391 g/mol. The number of alkyl halides is 3. The molecule has 150 valence electrons. The van der Waals surface area contributed by atoms with E-state index in [0.29, 0.717) is 23.0 Å². The fourth-order valence-corrected chi connectivity index (χ4v) is 2.77. The first-order valence-corrected chi connectivity index (χ1v) is 8.27. The van der Waals surface area contributed by atoms with Gasteiger partial charge in [-0.1, -0.05) is 0 Å². The van der Waals surface area contributed by atoms with Gasteiger partial charge in [0.05, 0.1) is 10.6 Å². The van der Waals surface area contributed by atoms with Gasteiger partial charge in [-0.3, -0.25) is 10.1 Å². The largest absolute Gasteiger partial charge is 0.457 e. The lowest BCUT2D eigenvalue weighted by molar-refractivity contribution is -0.385. The number of nitro benzene ring substituents is 1. The summed E-state index contributed by atoms with van der Waals surface area (Å²) in [5.74, 6) is 0.637. The Bertz CT molecular complexity index is 1180. The second-order valence-electron chi connectivity index (χ2n) is 6.27. The molecule has 0 aliphatic carbocycles. The van der Waals surface area contributed by atoms with E-state index in [-0.39, 0.29) is 17.1 Å². The topological polar surface area (TPSA) is 102 Å². The first-order chi connectivity index (χ1) is 13.5. The van der Waals surface area contributed by atoms with E-state index in [9.17, 15) is 28.1 Å². The molecule has 1 N–H and O–H groups in total. The highest BCUT2D eigenvalue weighted by Gasteiger charge is 2.32. The van der Waals surface area contributed by atoms with Crippen molar-refractivity contribution in [2.45, 2.75) is 20.0 Å². The van der Waals surface area contributed by atoms with Gasteiger partial charge in [0, 0.05) is 17.2 Å². The van der Waals surface area contributed by atoms with Crippen molar-refractivity contribution < 1.29 is 22.5 Å². The van der Waals surface area contributed by atoms with Crippen LogP contribution in [0.1, 0.15) is 28.3 Å². The van der Waals surface area contributed by atoms with Crippen LogP contribution in [0, 0.1) is 24.0 Å². The molecule has 0 aliphatic rings. The summed E-state index contributed by atoms with van der Waals surface area (Å²) in [5.41, 5.74) is -0.766. The number of nitrogens with zero attached hydrogens (tertiary/aromatic N) is 2. The number of aromatic amines is 1. The lowest BCUT2D eigenvalue weighted by atomic mass is 10.0. The van der Waals surface area contributed by atoms with Crippen molar-refractivity contribution in [2.24, 2.45) is 0 Å². The number of nitrogens with one attached hydrogen (secondary N) is 1. The zero-order valence-corrected chi connectivity index (χ0v) is 15.2. The molecule has 0 bridgehead atoms. The van der Waals surface area contributed by atoms with E-state index < -0.39 is 22.5 Å². The summed E-state index contributed by atoms with van der Waals surface area (Å²) in [4.78, 5) is 27.1. The average molecular weight is 405 g/mol. The molecule has 0 radical (unpaired) electrons. The quantitative estimate of drug-likeness (QED) is 0.499. The van der Waals surface area contributed by atoms with Crippen LogP contribution in [0.5, 0.6) is 0 Å². The zero-order valence-electron chi connectivity index (χ0n) is 15.2. The number of hydrogen-bond acceptors (Lipinski definition) is 5. The summed E-state index contributed by atoms with van der Waals surface area (Å²) < 4.78 is 43.9. The summed E-state index contributed by atoms with van der Waals surface area (Å²) in [6.07, 6.45) is -2.15. The number of hydrogen-bond donors (Lipinski definition) is 1. The number of nitro groups is 1. The molecule has 29 heavy (non-hydrogen) atoms. The SMILES string of the molecule is Cc1cc(C)c([N+](=O)[O-])cc1-c1ccc(/C=C/c2cc(C(F)(F)F)[nH]c(=O)n2)o1. The number of H-pyrrole nitrogens is 1. The van der Waals surface area contributed by atoms with Crippen LogP contribution < -0.4 is 5.69 Å². The predicted molar refractivity (Wildman–Crippen MR) is 99.1 cm³/mol. The second-order valence-corrected chi connectivity index (χ2v) is 6.27. The van der Waals surface area contributed by atoms with Crippen LogP contribution in [0.15, 0.2) is 39.5 Å². The average Bonchev–Trinajstić information content (AvgIpc) is 3.07. The van der Waals surface area contributed by atoms with E-state index >= 15 is 0 Å². The van der Waals surface area contributed by atoms with Crippen LogP contribution in [0.3, 0.4) is 0 Å². The van der Waals surface area contributed by atoms with E-state index in [1.54, 1.807) is 37.0 Å². The maximum Gasteiger partial charge on any atom is 0.431 e. The molecule has 2 aromatic heterocycles. The molecule has 0 spiro atoms. The Kier molecular flexibility index (Phi) is 5.10. The molecule has 3 aromatic rings. The number of rotatable bonds is 4. The molecule has 3 rings (SSSR count). The van der Waals surface area contributed by atoms with Crippen molar-refractivity contribution in [2.75, 3.05) is 0 Å². The Labute approximate surface area is 161 Å². The van der Waals surface area contributed by atoms with Crippen LogP contribution in [-0.4, -0.2) is 14.9 Å². The number of aryl methyl sites for hydroxylation is 2. The molecule has 0 fully saturated rings. The van der Waals surface area contributed by atoms with Crippen molar-refractivity contribution in [3.63, 3.8) is 0 Å². The Balaban J connectivity index is 1.92. The van der Waals surface area contributed by atoms with Gasteiger partial charge in [0.15, 0.2) is 0 Å². The van der Waals surface area contributed by atoms with E-state index in [0.717, 1.165) is 5.56 Å². The van der Waals surface area contributed by atoms with Crippen LogP contribution in [-0.2, 0) is 6.18 Å². The number of benzene rings is 1. The molecule has 0 atom stereocenters. The van der Waals surface area contributed by atoms with Gasteiger partial charge < -0.3 is 9.40 Å². The summed E-state index contributed by atoms with van der Waals surface area (Å²) >= 11 is 0. The summed E-state index contributed by atoms with van der Waals surface area (Å²) in [6.45, 7) is 3.41. The van der Waals surface area contributed by atoms with Gasteiger partial charge >= 0.3 is 11.9 Å². The lowest BCUT2D eigenvalue weighted by Gasteiger charge is -2.05. The lowest BCUT2D eigenvalue weighted by Crippen LogP contribution is -2.19. The van der Waals surface area contributed by atoms with Crippen LogP contribution in [0.25, 0.3) is 23.5 Å². The maximum absolute atomic E-state index is 12.8. The Morgan fingerprint density at radius 3 is 2.52 bits per heavy atom. The molecule has 7 nitrogen and oxygen atoms in total. The van der Waals surface area contributed by atoms with Gasteiger partial charge in [0.2, 0.25) is 0 Å². The fourth-order valence-electron chi connectivity index (χ4n) is 2.77. The monoisotopic (exact) mass is 405 g/mol. The molecule has 0 saturated heterocycles. The standard InChI is InChI=1S/C19H14F3N3O4/c1-10-7-11(2)15(25(27)28)9-14(10)16-6-5-13(29-16)4-3-12-8-17(19(20,21)22)24-18(26)23-12/h3-9H,1-2H3,(H,23,24,26)/b4-3+. The van der Waals surface area contributed by atoms with Gasteiger partial charge in [-0.25, -0.2) is 4.79 Å². The van der Waals surface area contributed by atoms with Crippen molar-refractivity contribution in [1.29, 1.82) is 0 Å². The van der Waals surface area contributed by atoms with Gasteiger partial charge in [0.1, 0.15) is 17.2 Å². The number of halogens is 3. The first-order valence-electron chi connectivity index (χ1n) is 8.27. The van der Waals surface area contributed by atoms with Gasteiger partial charge in [-0.2, -0.15) is 18.2 Å². The van der Waals surface area contributed by atoms with Crippen LogP contribution in [0.2, 0.25) is 0 Å². The smallest absolute Gasteiger partial charge is 0.431 e. The van der Waals surface area contributed by atoms with Crippen molar-refractivity contribution >= 4 is 17.8 Å². The molecule has 0 saturated carbocycles. The molecule has 0 unspecified atom stereocenters. The van der Waals surface area contributed by atoms with E-state index in [2.05, 4.69) is 4.98 Å². The van der Waals surface area contributed by atoms with E-state index in [1.807, 2.05) is 0 Å². The molecule has 10 heteroatoms. The van der Waals surface area contributed by atoms with Crippen LogP contribution in [0.4, 0.5) is 18.9 Å². The minimum Gasteiger partial charge on any atom is -0.457 e. The highest BCUT2D eigenvalue weighted by Crippen LogP contribution is 2.32. The normalized spacial score (nSPS) is 11.9. The maximum atomic E-state index is 12.8. The van der Waals surface area contributed by atoms with Gasteiger partial charge in [-0.05, 0) is 55.8 Å². The molecule has 2 heterocycles. The van der Waals surface area contributed by atoms with Crippen molar-refractivity contribution in [3.05, 3.63) is 79.2 Å². The molecule has 1 aromatic carbocycles. The van der Waals surface area contributed by atoms with Crippen molar-refractivity contribution in [1.82, 2.24) is 9.97 Å². The third kappa shape index (κ3) is 4.42. The molecule has 0 aliphatic heterocycles. The Hall–Kier alpha value is -3.69. The fraction of sp³-hybridized carbons (Fsp3) is 0.158. The summed E-state index contributed by atoms with van der Waals surface area (Å²) in [7, 11) is 0. The highest BCUT2D eigenvalue weighted by molar-refractivity contribution is 5.70. The van der Waals surface area contributed by atoms with Gasteiger partial charge in [-0.15, -0.1) is 0 Å². The second kappa shape index (κ2) is 7.38. The minimum absolute atomic E-state index is 0.0496. The minimum atomic E-state index is -4.71. The predicted octanol–water partition coefficient (Wildman–Crippen LogP) is 4.74. The summed E-state index contributed by atoms with van der Waals surface area (Å²) in [6, 6.07) is 6.92. The van der Waals surface area contributed by atoms with Crippen LogP contribution >= 0.6 is 0 Å².